The minimum Gasteiger partial charge on any atom is -0.469 e. The van der Waals surface area contributed by atoms with E-state index in [1.165, 1.54) is 14.0 Å². The highest BCUT2D eigenvalue weighted by atomic mass is 32.2. The molecule has 1 unspecified atom stereocenters. The Morgan fingerprint density at radius 2 is 2.00 bits per heavy atom. The average Bonchev–Trinajstić information content (AvgIpc) is 2.47. The molecule has 0 aliphatic heterocycles. The summed E-state index contributed by atoms with van der Waals surface area (Å²) in [4.78, 5) is 15.4. The number of fused-ring (bicyclic) bond motifs is 1. The number of nitrogens with zero attached hydrogens (tertiary/aromatic N) is 1. The molecule has 0 bridgehead atoms. The second-order valence-corrected chi connectivity index (χ2v) is 7.30. The first kappa shape index (κ1) is 15.4. The molecule has 0 aliphatic carbocycles. The van der Waals surface area contributed by atoms with Gasteiger partial charge in [-0.2, -0.15) is 0 Å². The van der Waals surface area contributed by atoms with Gasteiger partial charge in [0.05, 0.1) is 30.1 Å². The Kier molecular flexibility index (Phi) is 4.57. The van der Waals surface area contributed by atoms with Gasteiger partial charge in [0.2, 0.25) is 0 Å². The summed E-state index contributed by atoms with van der Waals surface area (Å²) in [5.41, 5.74) is 1.45. The van der Waals surface area contributed by atoms with E-state index >= 15 is 0 Å². The van der Waals surface area contributed by atoms with E-state index in [1.807, 2.05) is 24.3 Å². The number of esters is 1. The summed E-state index contributed by atoms with van der Waals surface area (Å²) in [7, 11) is -2.19. The van der Waals surface area contributed by atoms with Crippen LogP contribution < -0.4 is 0 Å². The summed E-state index contributed by atoms with van der Waals surface area (Å²) < 4.78 is 29.3. The number of rotatable bonds is 5. The summed E-state index contributed by atoms with van der Waals surface area (Å²) in [6.45, 7) is 1.52. The standard InChI is InChI=1S/C15H17NO4S/c1-11(9-15(17)20-2)21(18,19)10-12-7-8-16-14-6-4-3-5-13(12)14/h3-8,11H,9-10H2,1-2H3. The molecule has 2 rings (SSSR count). The van der Waals surface area contributed by atoms with Gasteiger partial charge in [0.25, 0.3) is 0 Å². The fraction of sp³-hybridized carbons (Fsp3) is 0.333. The monoisotopic (exact) mass is 307 g/mol. The number of hydrogen-bond donors (Lipinski definition) is 0. The average molecular weight is 307 g/mol. The van der Waals surface area contributed by atoms with E-state index in [0.29, 0.717) is 5.56 Å². The van der Waals surface area contributed by atoms with Crippen molar-refractivity contribution in [1.29, 1.82) is 0 Å². The zero-order valence-corrected chi connectivity index (χ0v) is 12.8. The van der Waals surface area contributed by atoms with Gasteiger partial charge in [-0.25, -0.2) is 8.42 Å². The maximum absolute atomic E-state index is 12.4. The van der Waals surface area contributed by atoms with Gasteiger partial charge < -0.3 is 4.74 Å². The van der Waals surface area contributed by atoms with Crippen LogP contribution in [-0.4, -0.2) is 31.7 Å². The van der Waals surface area contributed by atoms with Crippen molar-refractivity contribution in [3.8, 4) is 0 Å². The molecule has 1 aromatic carbocycles. The number of pyridine rings is 1. The van der Waals surface area contributed by atoms with Crippen molar-refractivity contribution in [1.82, 2.24) is 4.98 Å². The molecule has 0 saturated carbocycles. The highest BCUT2D eigenvalue weighted by molar-refractivity contribution is 7.91. The molecule has 0 radical (unpaired) electrons. The van der Waals surface area contributed by atoms with E-state index in [0.717, 1.165) is 10.9 Å². The van der Waals surface area contributed by atoms with Crippen LogP contribution in [0, 0.1) is 0 Å². The number of carbonyl (C=O) groups is 1. The molecular weight excluding hydrogens is 290 g/mol. The van der Waals surface area contributed by atoms with Gasteiger partial charge in [0.15, 0.2) is 9.84 Å². The van der Waals surface area contributed by atoms with Crippen LogP contribution in [0.15, 0.2) is 36.5 Å². The molecule has 112 valence electrons. The van der Waals surface area contributed by atoms with Crippen LogP contribution in [0.3, 0.4) is 0 Å². The van der Waals surface area contributed by atoms with Gasteiger partial charge in [-0.15, -0.1) is 0 Å². The Morgan fingerprint density at radius 3 is 2.71 bits per heavy atom. The van der Waals surface area contributed by atoms with Crippen molar-refractivity contribution < 1.29 is 17.9 Å². The maximum atomic E-state index is 12.4. The number of para-hydroxylation sites is 1. The molecule has 1 aromatic heterocycles. The van der Waals surface area contributed by atoms with E-state index in [1.54, 1.807) is 12.3 Å². The molecule has 6 heteroatoms. The van der Waals surface area contributed by atoms with Crippen molar-refractivity contribution in [3.63, 3.8) is 0 Å². The van der Waals surface area contributed by atoms with Gasteiger partial charge in [0.1, 0.15) is 0 Å². The number of benzene rings is 1. The van der Waals surface area contributed by atoms with Gasteiger partial charge in [0, 0.05) is 11.6 Å². The Bertz CT molecular complexity index is 750. The van der Waals surface area contributed by atoms with Crippen LogP contribution in [0.1, 0.15) is 18.9 Å². The smallest absolute Gasteiger partial charge is 0.306 e. The highest BCUT2D eigenvalue weighted by Crippen LogP contribution is 2.21. The SMILES string of the molecule is COC(=O)CC(C)S(=O)(=O)Cc1ccnc2ccccc12. The first-order chi connectivity index (χ1) is 9.94. The first-order valence-corrected chi connectivity index (χ1v) is 8.26. The molecule has 0 spiro atoms. The molecule has 5 nitrogen and oxygen atoms in total. The fourth-order valence-electron chi connectivity index (χ4n) is 2.08. The lowest BCUT2D eigenvalue weighted by Crippen LogP contribution is -2.23. The zero-order chi connectivity index (χ0) is 15.5. The molecule has 0 amide bonds. The van der Waals surface area contributed by atoms with Crippen molar-refractivity contribution in [2.45, 2.75) is 24.3 Å². The second kappa shape index (κ2) is 6.22. The first-order valence-electron chi connectivity index (χ1n) is 6.55. The zero-order valence-electron chi connectivity index (χ0n) is 11.9. The molecule has 0 saturated heterocycles. The molecule has 0 N–H and O–H groups in total. The van der Waals surface area contributed by atoms with E-state index in [4.69, 9.17) is 0 Å². The van der Waals surface area contributed by atoms with E-state index in [2.05, 4.69) is 9.72 Å². The predicted octanol–water partition coefficient (Wildman–Crippen LogP) is 2.10. The number of carbonyl (C=O) groups excluding carboxylic acids is 1. The lowest BCUT2D eigenvalue weighted by molar-refractivity contribution is -0.140. The molecule has 0 aliphatic rings. The van der Waals surface area contributed by atoms with Crippen molar-refractivity contribution in [2.24, 2.45) is 0 Å². The van der Waals surface area contributed by atoms with Crippen molar-refractivity contribution in [2.75, 3.05) is 7.11 Å². The summed E-state index contributed by atoms with van der Waals surface area (Å²) in [5.74, 6) is -0.639. The summed E-state index contributed by atoms with van der Waals surface area (Å²) in [6, 6.07) is 9.08. The number of hydrogen-bond acceptors (Lipinski definition) is 5. The quantitative estimate of drug-likeness (QED) is 0.791. The van der Waals surface area contributed by atoms with Crippen molar-refractivity contribution in [3.05, 3.63) is 42.1 Å². The lowest BCUT2D eigenvalue weighted by Gasteiger charge is -2.13. The number of ether oxygens (including phenoxy) is 1. The predicted molar refractivity (Wildman–Crippen MR) is 80.5 cm³/mol. The maximum Gasteiger partial charge on any atom is 0.306 e. The van der Waals surface area contributed by atoms with Gasteiger partial charge in [-0.3, -0.25) is 9.78 Å². The number of aromatic nitrogens is 1. The topological polar surface area (TPSA) is 73.3 Å². The molecular formula is C15H17NO4S. The Balaban J connectivity index is 2.28. The summed E-state index contributed by atoms with van der Waals surface area (Å²) >= 11 is 0. The highest BCUT2D eigenvalue weighted by Gasteiger charge is 2.25. The number of sulfone groups is 1. The Labute approximate surface area is 123 Å². The molecule has 1 atom stereocenters. The van der Waals surface area contributed by atoms with Crippen LogP contribution in [0.25, 0.3) is 10.9 Å². The van der Waals surface area contributed by atoms with Crippen LogP contribution in [0.4, 0.5) is 0 Å². The second-order valence-electron chi connectivity index (χ2n) is 4.89. The third kappa shape index (κ3) is 3.58. The Hall–Kier alpha value is -1.95. The van der Waals surface area contributed by atoms with Gasteiger partial charge in [-0.05, 0) is 24.6 Å². The van der Waals surface area contributed by atoms with Crippen LogP contribution in [0.5, 0.6) is 0 Å². The number of methoxy groups -OCH3 is 1. The summed E-state index contributed by atoms with van der Waals surface area (Å²) in [6.07, 6.45) is 1.46. The molecule has 1 heterocycles. The van der Waals surface area contributed by atoms with E-state index in [-0.39, 0.29) is 12.2 Å². The van der Waals surface area contributed by atoms with Crippen LogP contribution in [-0.2, 0) is 25.1 Å². The van der Waals surface area contributed by atoms with Crippen molar-refractivity contribution >= 4 is 26.7 Å². The largest absolute Gasteiger partial charge is 0.469 e. The van der Waals surface area contributed by atoms with E-state index < -0.39 is 21.1 Å². The van der Waals surface area contributed by atoms with Gasteiger partial charge in [-0.1, -0.05) is 18.2 Å². The normalized spacial score (nSPS) is 13.0. The Morgan fingerprint density at radius 1 is 1.29 bits per heavy atom. The summed E-state index contributed by atoms with van der Waals surface area (Å²) in [5, 5.41) is 0.0331. The molecule has 2 aromatic rings. The van der Waals surface area contributed by atoms with Crippen LogP contribution >= 0.6 is 0 Å². The third-order valence-corrected chi connectivity index (χ3v) is 5.50. The molecule has 0 fully saturated rings. The third-order valence-electron chi connectivity index (χ3n) is 3.39. The lowest BCUT2D eigenvalue weighted by atomic mass is 10.1. The van der Waals surface area contributed by atoms with Crippen LogP contribution in [0.2, 0.25) is 0 Å². The van der Waals surface area contributed by atoms with E-state index in [9.17, 15) is 13.2 Å². The fourth-order valence-corrected chi connectivity index (χ4v) is 3.44. The van der Waals surface area contributed by atoms with Gasteiger partial charge >= 0.3 is 5.97 Å². The molecule has 21 heavy (non-hydrogen) atoms. The minimum atomic E-state index is -3.44. The minimum absolute atomic E-state index is 0.117.